The third-order valence-electron chi connectivity index (χ3n) is 4.03. The Labute approximate surface area is 148 Å². The maximum Gasteiger partial charge on any atom is 0.246 e. The molecule has 1 aliphatic rings. The van der Waals surface area contributed by atoms with E-state index in [2.05, 4.69) is 4.98 Å². The second-order valence-corrected chi connectivity index (χ2v) is 8.48. The molecule has 1 fully saturated rings. The van der Waals surface area contributed by atoms with Gasteiger partial charge in [0.1, 0.15) is 6.04 Å². The molecule has 24 heavy (non-hydrogen) atoms. The normalized spacial score (nSPS) is 17.8. The fraction of sp³-hybridized carbons (Fsp3) is 0.611. The highest BCUT2D eigenvalue weighted by molar-refractivity contribution is 7.99. The summed E-state index contributed by atoms with van der Waals surface area (Å²) in [5.41, 5.74) is 1.09. The van der Waals surface area contributed by atoms with Gasteiger partial charge in [-0.2, -0.15) is 0 Å². The molecule has 0 N–H and O–H groups in total. The molecule has 0 aromatic carbocycles. The van der Waals surface area contributed by atoms with Crippen LogP contribution in [0.1, 0.15) is 32.8 Å². The molecule has 0 saturated carbocycles. The number of pyridine rings is 1. The largest absolute Gasteiger partial charge is 0.344 e. The standard InChI is InChI=1S/C18H27N3O2S/c1-18(2,3)11-16(22)21-13-24-12-15(21)17(23)20(4)10-7-14-5-8-19-9-6-14/h5-6,8-9,15H,7,10-13H2,1-4H3/t15-/m0/s1. The summed E-state index contributed by atoms with van der Waals surface area (Å²) in [5.74, 6) is 1.42. The Morgan fingerprint density at radius 3 is 2.62 bits per heavy atom. The van der Waals surface area contributed by atoms with Crippen LogP contribution in [0, 0.1) is 5.41 Å². The van der Waals surface area contributed by atoms with E-state index in [0.29, 0.717) is 24.6 Å². The van der Waals surface area contributed by atoms with Crippen molar-refractivity contribution in [3.8, 4) is 0 Å². The number of hydrogen-bond donors (Lipinski definition) is 0. The molecule has 1 aliphatic heterocycles. The van der Waals surface area contributed by atoms with Gasteiger partial charge in [0.25, 0.3) is 0 Å². The molecule has 0 aliphatic carbocycles. The van der Waals surface area contributed by atoms with Gasteiger partial charge >= 0.3 is 0 Å². The lowest BCUT2D eigenvalue weighted by Crippen LogP contribution is -2.48. The van der Waals surface area contributed by atoms with E-state index in [4.69, 9.17) is 0 Å². The van der Waals surface area contributed by atoms with Crippen molar-refractivity contribution in [1.29, 1.82) is 0 Å². The SMILES string of the molecule is CN(CCc1ccncc1)C(=O)[C@@H]1CSCN1C(=O)CC(C)(C)C. The first-order valence-corrected chi connectivity index (χ1v) is 9.44. The van der Waals surface area contributed by atoms with E-state index in [0.717, 1.165) is 12.0 Å². The Morgan fingerprint density at radius 1 is 1.33 bits per heavy atom. The summed E-state index contributed by atoms with van der Waals surface area (Å²) in [7, 11) is 1.82. The van der Waals surface area contributed by atoms with Crippen LogP contribution >= 0.6 is 11.8 Å². The molecule has 1 aromatic heterocycles. The third kappa shape index (κ3) is 5.23. The van der Waals surface area contributed by atoms with Crippen LogP contribution in [-0.4, -0.2) is 57.9 Å². The zero-order valence-electron chi connectivity index (χ0n) is 15.0. The van der Waals surface area contributed by atoms with E-state index >= 15 is 0 Å². The highest BCUT2D eigenvalue weighted by Crippen LogP contribution is 2.27. The number of carbonyl (C=O) groups is 2. The number of hydrogen-bond acceptors (Lipinski definition) is 4. The van der Waals surface area contributed by atoms with Gasteiger partial charge in [-0.05, 0) is 29.5 Å². The highest BCUT2D eigenvalue weighted by Gasteiger charge is 2.37. The Morgan fingerprint density at radius 2 is 2.00 bits per heavy atom. The first-order valence-electron chi connectivity index (χ1n) is 8.29. The lowest BCUT2D eigenvalue weighted by Gasteiger charge is -2.29. The first kappa shape index (κ1) is 18.8. The van der Waals surface area contributed by atoms with Crippen LogP contribution in [0.4, 0.5) is 0 Å². The van der Waals surface area contributed by atoms with Crippen LogP contribution in [0.5, 0.6) is 0 Å². The predicted octanol–water partition coefficient (Wildman–Crippen LogP) is 2.42. The van der Waals surface area contributed by atoms with Gasteiger partial charge in [0, 0.05) is 38.2 Å². The number of likely N-dealkylation sites (N-methyl/N-ethyl adjacent to an activating group) is 1. The minimum atomic E-state index is -0.327. The third-order valence-corrected chi connectivity index (χ3v) is 5.04. The van der Waals surface area contributed by atoms with Gasteiger partial charge in [-0.1, -0.05) is 20.8 Å². The van der Waals surface area contributed by atoms with Gasteiger partial charge in [0.05, 0.1) is 5.88 Å². The molecule has 0 unspecified atom stereocenters. The molecule has 2 amide bonds. The first-order chi connectivity index (χ1) is 11.3. The maximum atomic E-state index is 12.8. The molecule has 6 heteroatoms. The average molecular weight is 350 g/mol. The summed E-state index contributed by atoms with van der Waals surface area (Å²) in [6.45, 7) is 6.79. The van der Waals surface area contributed by atoms with Gasteiger partial charge < -0.3 is 9.80 Å². The monoisotopic (exact) mass is 349 g/mol. The predicted molar refractivity (Wildman–Crippen MR) is 97.6 cm³/mol. The van der Waals surface area contributed by atoms with Crippen LogP contribution < -0.4 is 0 Å². The molecule has 2 heterocycles. The number of rotatable bonds is 5. The molecule has 1 atom stereocenters. The second kappa shape index (κ2) is 8.01. The van der Waals surface area contributed by atoms with Crippen molar-refractivity contribution >= 4 is 23.6 Å². The Hall–Kier alpha value is -1.56. The van der Waals surface area contributed by atoms with Crippen LogP contribution in [0.2, 0.25) is 0 Å². The lowest BCUT2D eigenvalue weighted by molar-refractivity contribution is -0.143. The fourth-order valence-electron chi connectivity index (χ4n) is 2.66. The Balaban J connectivity index is 1.93. The van der Waals surface area contributed by atoms with Gasteiger partial charge in [-0.25, -0.2) is 0 Å². The molecule has 0 bridgehead atoms. The molecule has 1 saturated heterocycles. The van der Waals surface area contributed by atoms with Crippen molar-refractivity contribution in [3.05, 3.63) is 30.1 Å². The van der Waals surface area contributed by atoms with Crippen LogP contribution in [0.25, 0.3) is 0 Å². The van der Waals surface area contributed by atoms with Crippen molar-refractivity contribution in [2.75, 3.05) is 25.2 Å². The molecule has 0 radical (unpaired) electrons. The number of aromatic nitrogens is 1. The maximum absolute atomic E-state index is 12.8. The van der Waals surface area contributed by atoms with Crippen LogP contribution in [0.3, 0.4) is 0 Å². The smallest absolute Gasteiger partial charge is 0.246 e. The molecule has 2 rings (SSSR count). The summed E-state index contributed by atoms with van der Waals surface area (Å²) >= 11 is 1.65. The van der Waals surface area contributed by atoms with Crippen molar-refractivity contribution in [2.45, 2.75) is 39.7 Å². The van der Waals surface area contributed by atoms with E-state index in [1.165, 1.54) is 0 Å². The van der Waals surface area contributed by atoms with Crippen molar-refractivity contribution in [1.82, 2.24) is 14.8 Å². The zero-order chi connectivity index (χ0) is 17.7. The summed E-state index contributed by atoms with van der Waals surface area (Å²) < 4.78 is 0. The summed E-state index contributed by atoms with van der Waals surface area (Å²) in [5, 5.41) is 0. The topological polar surface area (TPSA) is 53.5 Å². The molecule has 0 spiro atoms. The van der Waals surface area contributed by atoms with Crippen molar-refractivity contribution < 1.29 is 9.59 Å². The van der Waals surface area contributed by atoms with Gasteiger partial charge in [-0.15, -0.1) is 11.8 Å². The average Bonchev–Trinajstić information content (AvgIpc) is 3.01. The summed E-state index contributed by atoms with van der Waals surface area (Å²) in [4.78, 5) is 32.8. The molecule has 1 aromatic rings. The number of amides is 2. The van der Waals surface area contributed by atoms with Crippen molar-refractivity contribution in [2.24, 2.45) is 5.41 Å². The zero-order valence-corrected chi connectivity index (χ0v) is 15.8. The fourth-order valence-corrected chi connectivity index (χ4v) is 3.83. The van der Waals surface area contributed by atoms with Gasteiger partial charge in [-0.3, -0.25) is 14.6 Å². The Bertz CT molecular complexity index is 571. The molecule has 5 nitrogen and oxygen atoms in total. The second-order valence-electron chi connectivity index (χ2n) is 7.48. The quantitative estimate of drug-likeness (QED) is 0.819. The van der Waals surface area contributed by atoms with E-state index < -0.39 is 0 Å². The number of nitrogens with zero attached hydrogens (tertiary/aromatic N) is 3. The van der Waals surface area contributed by atoms with Crippen molar-refractivity contribution in [3.63, 3.8) is 0 Å². The van der Waals surface area contributed by atoms with Crippen LogP contribution in [-0.2, 0) is 16.0 Å². The van der Waals surface area contributed by atoms with E-state index in [-0.39, 0.29) is 23.3 Å². The van der Waals surface area contributed by atoms with E-state index in [9.17, 15) is 9.59 Å². The van der Waals surface area contributed by atoms with Gasteiger partial charge in [0.2, 0.25) is 11.8 Å². The molecular formula is C18H27N3O2S. The minimum Gasteiger partial charge on any atom is -0.344 e. The minimum absolute atomic E-state index is 0.0383. The Kier molecular flexibility index (Phi) is 6.27. The van der Waals surface area contributed by atoms with E-state index in [1.54, 1.807) is 34.0 Å². The lowest BCUT2D eigenvalue weighted by atomic mass is 9.91. The summed E-state index contributed by atoms with van der Waals surface area (Å²) in [6, 6.07) is 3.60. The van der Waals surface area contributed by atoms with E-state index in [1.807, 2.05) is 40.0 Å². The summed E-state index contributed by atoms with van der Waals surface area (Å²) in [6.07, 6.45) is 4.79. The van der Waals surface area contributed by atoms with Crippen LogP contribution in [0.15, 0.2) is 24.5 Å². The number of carbonyl (C=O) groups excluding carboxylic acids is 2. The molecule has 132 valence electrons. The van der Waals surface area contributed by atoms with Gasteiger partial charge in [0.15, 0.2) is 0 Å². The molecular weight excluding hydrogens is 322 g/mol. The number of thioether (sulfide) groups is 1. The highest BCUT2D eigenvalue weighted by atomic mass is 32.2.